The average molecular weight is 298 g/mol. The third-order valence-corrected chi connectivity index (χ3v) is 3.75. The third kappa shape index (κ3) is 4.11. The number of cyclic esters (lactones) is 1. The van der Waals surface area contributed by atoms with E-state index in [1.807, 2.05) is 42.5 Å². The lowest BCUT2D eigenvalue weighted by Crippen LogP contribution is -2.34. The fraction of sp³-hybridized carbons (Fsp3) is 0.444. The van der Waals surface area contributed by atoms with Crippen LogP contribution in [0.2, 0.25) is 0 Å². The van der Waals surface area contributed by atoms with Crippen LogP contribution in [0.4, 0.5) is 4.79 Å². The van der Waals surface area contributed by atoms with Crippen molar-refractivity contribution in [3.8, 4) is 6.07 Å². The van der Waals surface area contributed by atoms with E-state index in [0.717, 1.165) is 18.4 Å². The first-order valence-corrected chi connectivity index (χ1v) is 7.83. The molecule has 1 heterocycles. The number of unbranched alkanes of at least 4 members (excludes halogenated alkanes) is 3. The molecule has 1 saturated heterocycles. The zero-order chi connectivity index (χ0) is 15.8. The van der Waals surface area contributed by atoms with Crippen LogP contribution in [0.3, 0.4) is 0 Å². The predicted octanol–water partition coefficient (Wildman–Crippen LogP) is 4.04. The lowest BCUT2D eigenvalue weighted by atomic mass is 10.1. The molecule has 4 heteroatoms. The van der Waals surface area contributed by atoms with Gasteiger partial charge in [-0.3, -0.25) is 4.90 Å². The largest absolute Gasteiger partial charge is 0.438 e. The van der Waals surface area contributed by atoms with E-state index in [1.165, 1.54) is 17.7 Å². The fourth-order valence-corrected chi connectivity index (χ4v) is 2.51. The number of hydrogen-bond acceptors (Lipinski definition) is 3. The van der Waals surface area contributed by atoms with Gasteiger partial charge in [0, 0.05) is 0 Å². The Morgan fingerprint density at radius 2 is 2.09 bits per heavy atom. The number of allylic oxidation sites excluding steroid dienone is 1. The van der Waals surface area contributed by atoms with Gasteiger partial charge < -0.3 is 4.74 Å². The SMILES string of the molecule is CCCCC/C=C/[C@@H]1OC(=O)N(Cc2ccccc2)[C@@H]1C#N. The molecule has 0 radical (unpaired) electrons. The van der Waals surface area contributed by atoms with Gasteiger partial charge >= 0.3 is 6.09 Å². The highest BCUT2D eigenvalue weighted by Crippen LogP contribution is 2.23. The summed E-state index contributed by atoms with van der Waals surface area (Å²) in [6.45, 7) is 2.56. The number of nitrogens with zero attached hydrogens (tertiary/aromatic N) is 2. The molecule has 1 aliphatic heterocycles. The molecule has 116 valence electrons. The van der Waals surface area contributed by atoms with Gasteiger partial charge in [-0.25, -0.2) is 4.79 Å². The zero-order valence-corrected chi connectivity index (χ0v) is 12.9. The second-order valence-electron chi connectivity index (χ2n) is 5.46. The van der Waals surface area contributed by atoms with Crippen molar-refractivity contribution >= 4 is 6.09 Å². The molecular weight excluding hydrogens is 276 g/mol. The number of rotatable bonds is 7. The molecule has 0 saturated carbocycles. The Balaban J connectivity index is 1.97. The van der Waals surface area contributed by atoms with E-state index in [9.17, 15) is 10.1 Å². The normalized spacial score (nSPS) is 21.1. The molecule has 0 unspecified atom stereocenters. The van der Waals surface area contributed by atoms with Crippen molar-refractivity contribution in [1.29, 1.82) is 5.26 Å². The highest BCUT2D eigenvalue weighted by atomic mass is 16.6. The van der Waals surface area contributed by atoms with E-state index in [-0.39, 0.29) is 0 Å². The monoisotopic (exact) mass is 298 g/mol. The maximum absolute atomic E-state index is 12.0. The van der Waals surface area contributed by atoms with E-state index in [2.05, 4.69) is 13.0 Å². The molecule has 1 fully saturated rings. The van der Waals surface area contributed by atoms with Crippen LogP contribution in [0.25, 0.3) is 0 Å². The van der Waals surface area contributed by atoms with Gasteiger partial charge in [0.05, 0.1) is 12.6 Å². The zero-order valence-electron chi connectivity index (χ0n) is 12.9. The van der Waals surface area contributed by atoms with Crippen molar-refractivity contribution < 1.29 is 9.53 Å². The molecule has 22 heavy (non-hydrogen) atoms. The summed E-state index contributed by atoms with van der Waals surface area (Å²) in [5.74, 6) is 0. The van der Waals surface area contributed by atoms with Crippen LogP contribution in [-0.4, -0.2) is 23.1 Å². The van der Waals surface area contributed by atoms with Crippen LogP contribution in [0.15, 0.2) is 42.5 Å². The minimum Gasteiger partial charge on any atom is -0.438 e. The number of ether oxygens (including phenoxy) is 1. The molecule has 0 N–H and O–H groups in total. The van der Waals surface area contributed by atoms with Crippen molar-refractivity contribution in [3.63, 3.8) is 0 Å². The maximum atomic E-state index is 12.0. The van der Waals surface area contributed by atoms with Gasteiger partial charge in [-0.1, -0.05) is 56.2 Å². The Bertz CT molecular complexity index is 548. The van der Waals surface area contributed by atoms with Crippen molar-refractivity contribution in [2.24, 2.45) is 0 Å². The highest BCUT2D eigenvalue weighted by molar-refractivity contribution is 5.72. The molecule has 1 amide bonds. The smallest absolute Gasteiger partial charge is 0.412 e. The topological polar surface area (TPSA) is 53.3 Å². The molecule has 0 aromatic heterocycles. The predicted molar refractivity (Wildman–Crippen MR) is 84.9 cm³/mol. The molecule has 1 aromatic carbocycles. The van der Waals surface area contributed by atoms with Crippen LogP contribution in [0.5, 0.6) is 0 Å². The Morgan fingerprint density at radius 3 is 2.77 bits per heavy atom. The van der Waals surface area contributed by atoms with Crippen molar-refractivity contribution in [1.82, 2.24) is 4.90 Å². The van der Waals surface area contributed by atoms with Gasteiger partial charge in [0.15, 0.2) is 12.1 Å². The fourth-order valence-electron chi connectivity index (χ4n) is 2.51. The Morgan fingerprint density at radius 1 is 1.32 bits per heavy atom. The van der Waals surface area contributed by atoms with Crippen LogP contribution in [0, 0.1) is 11.3 Å². The summed E-state index contributed by atoms with van der Waals surface area (Å²) in [4.78, 5) is 13.5. The Kier molecular flexibility index (Phi) is 6.02. The standard InChI is InChI=1S/C18H22N2O2/c1-2-3-4-5-9-12-17-16(13-19)20(18(21)22-17)14-15-10-7-6-8-11-15/h6-12,16-17H,2-5,14H2,1H3/b12-9+/t16-,17+/m1/s1. The van der Waals surface area contributed by atoms with Crippen LogP contribution < -0.4 is 0 Å². The van der Waals surface area contributed by atoms with Crippen molar-refractivity contribution in [2.75, 3.05) is 0 Å². The number of benzene rings is 1. The first kappa shape index (κ1) is 16.1. The van der Waals surface area contributed by atoms with E-state index in [0.29, 0.717) is 6.54 Å². The van der Waals surface area contributed by atoms with Crippen LogP contribution in [-0.2, 0) is 11.3 Å². The van der Waals surface area contributed by atoms with Gasteiger partial charge in [0.25, 0.3) is 0 Å². The van der Waals surface area contributed by atoms with E-state index >= 15 is 0 Å². The van der Waals surface area contributed by atoms with E-state index in [1.54, 1.807) is 0 Å². The Hall–Kier alpha value is -2.28. The third-order valence-electron chi connectivity index (χ3n) is 3.75. The molecule has 0 bridgehead atoms. The van der Waals surface area contributed by atoms with Gasteiger partial charge in [0.2, 0.25) is 0 Å². The number of carbonyl (C=O) groups excluding carboxylic acids is 1. The highest BCUT2D eigenvalue weighted by Gasteiger charge is 2.40. The van der Waals surface area contributed by atoms with E-state index in [4.69, 9.17) is 4.74 Å². The molecule has 0 aliphatic carbocycles. The number of amides is 1. The molecule has 2 rings (SSSR count). The van der Waals surface area contributed by atoms with Crippen molar-refractivity contribution in [3.05, 3.63) is 48.0 Å². The summed E-state index contributed by atoms with van der Waals surface area (Å²) in [5, 5.41) is 9.39. The number of hydrogen-bond donors (Lipinski definition) is 0. The van der Waals surface area contributed by atoms with Gasteiger partial charge in [0.1, 0.15) is 0 Å². The lowest BCUT2D eigenvalue weighted by molar-refractivity contribution is 0.144. The second-order valence-corrected chi connectivity index (χ2v) is 5.46. The minimum absolute atomic E-state index is 0.401. The molecule has 1 aromatic rings. The summed E-state index contributed by atoms with van der Waals surface area (Å²) in [6, 6.07) is 11.3. The average Bonchev–Trinajstić information content (AvgIpc) is 2.83. The molecule has 0 spiro atoms. The number of nitriles is 1. The number of carbonyl (C=O) groups is 1. The maximum Gasteiger partial charge on any atom is 0.412 e. The molecular formula is C18H22N2O2. The van der Waals surface area contributed by atoms with E-state index < -0.39 is 18.2 Å². The van der Waals surface area contributed by atoms with Gasteiger partial charge in [-0.15, -0.1) is 0 Å². The first-order chi connectivity index (χ1) is 10.8. The van der Waals surface area contributed by atoms with Crippen LogP contribution >= 0.6 is 0 Å². The van der Waals surface area contributed by atoms with Crippen molar-refractivity contribution in [2.45, 2.75) is 51.3 Å². The summed E-state index contributed by atoms with van der Waals surface area (Å²) in [6.07, 6.45) is 7.43. The Labute approximate surface area is 132 Å². The minimum atomic E-state index is -0.560. The van der Waals surface area contributed by atoms with Gasteiger partial charge in [-0.2, -0.15) is 5.26 Å². The molecule has 2 atom stereocenters. The summed E-state index contributed by atoms with van der Waals surface area (Å²) < 4.78 is 5.33. The summed E-state index contributed by atoms with van der Waals surface area (Å²) >= 11 is 0. The molecule has 1 aliphatic rings. The first-order valence-electron chi connectivity index (χ1n) is 7.83. The lowest BCUT2D eigenvalue weighted by Gasteiger charge is -2.17. The van der Waals surface area contributed by atoms with Gasteiger partial charge in [-0.05, 0) is 24.5 Å². The summed E-state index contributed by atoms with van der Waals surface area (Å²) in [7, 11) is 0. The van der Waals surface area contributed by atoms with Crippen LogP contribution in [0.1, 0.15) is 38.2 Å². The second kappa shape index (κ2) is 8.23. The summed E-state index contributed by atoms with van der Waals surface area (Å²) in [5.41, 5.74) is 0.993. The quantitative estimate of drug-likeness (QED) is 0.564. The molecule has 4 nitrogen and oxygen atoms in total.